The number of aryl methyl sites for hydroxylation is 1. The topological polar surface area (TPSA) is 60.9 Å². The highest BCUT2D eigenvalue weighted by Gasteiger charge is 2.14. The number of benzene rings is 2. The Kier molecular flexibility index (Phi) is 5.74. The summed E-state index contributed by atoms with van der Waals surface area (Å²) < 4.78 is 7.46. The lowest BCUT2D eigenvalue weighted by Gasteiger charge is -2.09. The van der Waals surface area contributed by atoms with Crippen LogP contribution in [0.15, 0.2) is 62.9 Å². The molecule has 148 valence electrons. The molecule has 0 spiro atoms. The van der Waals surface area contributed by atoms with E-state index < -0.39 is 0 Å². The van der Waals surface area contributed by atoms with Gasteiger partial charge in [0.1, 0.15) is 11.4 Å². The van der Waals surface area contributed by atoms with Gasteiger partial charge in [-0.3, -0.25) is 0 Å². The van der Waals surface area contributed by atoms with Crippen molar-refractivity contribution in [2.45, 2.75) is 37.7 Å². The van der Waals surface area contributed by atoms with Gasteiger partial charge in [-0.05, 0) is 42.7 Å². The summed E-state index contributed by atoms with van der Waals surface area (Å²) >= 11 is 7.85. The predicted octanol–water partition coefficient (Wildman–Crippen LogP) is 5.25. The molecule has 0 radical (unpaired) electrons. The van der Waals surface area contributed by atoms with Crippen molar-refractivity contribution in [1.29, 1.82) is 0 Å². The van der Waals surface area contributed by atoms with E-state index in [2.05, 4.69) is 33.8 Å². The van der Waals surface area contributed by atoms with Crippen molar-refractivity contribution in [3.63, 3.8) is 0 Å². The minimum absolute atomic E-state index is 0.364. The normalized spacial score (nSPS) is 11.3. The largest absolute Gasteiger partial charge is 0.423 e. The summed E-state index contributed by atoms with van der Waals surface area (Å²) in [6, 6.07) is 15.4. The number of rotatable bonds is 6. The summed E-state index contributed by atoms with van der Waals surface area (Å²) in [5, 5.41) is 11.1. The van der Waals surface area contributed by atoms with Crippen molar-refractivity contribution >= 4 is 34.3 Å². The molecule has 29 heavy (non-hydrogen) atoms. The average molecular weight is 426 g/mol. The summed E-state index contributed by atoms with van der Waals surface area (Å²) in [5.41, 5.74) is 3.14. The summed E-state index contributed by atoms with van der Waals surface area (Å²) in [4.78, 5) is 12.0. The highest BCUT2D eigenvalue weighted by Crippen LogP contribution is 2.29. The highest BCUT2D eigenvalue weighted by atomic mass is 35.5. The molecule has 0 saturated heterocycles. The fourth-order valence-electron chi connectivity index (χ4n) is 3.26. The van der Waals surface area contributed by atoms with Gasteiger partial charge in [0.15, 0.2) is 5.16 Å². The van der Waals surface area contributed by atoms with E-state index in [1.165, 1.54) is 11.6 Å². The molecule has 7 heteroatoms. The molecule has 0 amide bonds. The minimum Gasteiger partial charge on any atom is -0.423 e. The Morgan fingerprint density at radius 1 is 1.14 bits per heavy atom. The Morgan fingerprint density at radius 3 is 2.69 bits per heavy atom. The molecule has 5 nitrogen and oxygen atoms in total. The third-order valence-electron chi connectivity index (χ3n) is 4.78. The van der Waals surface area contributed by atoms with E-state index in [9.17, 15) is 4.79 Å². The van der Waals surface area contributed by atoms with Crippen LogP contribution in [0.25, 0.3) is 11.0 Å². The highest BCUT2D eigenvalue weighted by molar-refractivity contribution is 7.98. The quantitative estimate of drug-likeness (QED) is 0.312. The Hall–Kier alpha value is -2.57. The molecule has 0 N–H and O–H groups in total. The summed E-state index contributed by atoms with van der Waals surface area (Å²) in [7, 11) is 0. The Labute approximate surface area is 177 Å². The average Bonchev–Trinajstić information content (AvgIpc) is 3.09. The molecular formula is C22H20ClN3O2S. The maximum atomic E-state index is 12.0. The zero-order chi connectivity index (χ0) is 20.4. The SMILES string of the molecule is CCn1c(Cc2ccccc2)nnc1SCc1cc(=O)oc2cc(C)c(Cl)cc12. The fraction of sp³-hybridized carbons (Fsp3) is 0.227. The number of aromatic nitrogens is 3. The van der Waals surface area contributed by atoms with E-state index in [1.54, 1.807) is 17.8 Å². The van der Waals surface area contributed by atoms with Gasteiger partial charge in [0.05, 0.1) is 0 Å². The second kappa shape index (κ2) is 8.43. The lowest BCUT2D eigenvalue weighted by atomic mass is 10.1. The van der Waals surface area contributed by atoms with Gasteiger partial charge in [-0.2, -0.15) is 0 Å². The van der Waals surface area contributed by atoms with E-state index in [4.69, 9.17) is 16.0 Å². The van der Waals surface area contributed by atoms with Crippen LogP contribution in [0.5, 0.6) is 0 Å². The van der Waals surface area contributed by atoms with Crippen LogP contribution in [-0.2, 0) is 18.7 Å². The molecule has 0 aliphatic heterocycles. The number of nitrogens with zero attached hydrogens (tertiary/aromatic N) is 3. The third-order valence-corrected chi connectivity index (χ3v) is 6.20. The van der Waals surface area contributed by atoms with Crippen LogP contribution in [0.1, 0.15) is 29.4 Å². The summed E-state index contributed by atoms with van der Waals surface area (Å²) in [6.45, 7) is 4.75. The fourth-order valence-corrected chi connectivity index (χ4v) is 4.44. The van der Waals surface area contributed by atoms with Gasteiger partial charge >= 0.3 is 5.63 Å². The van der Waals surface area contributed by atoms with Crippen molar-refractivity contribution in [2.24, 2.45) is 0 Å². The number of hydrogen-bond acceptors (Lipinski definition) is 5. The van der Waals surface area contributed by atoms with Crippen LogP contribution >= 0.6 is 23.4 Å². The number of thioether (sulfide) groups is 1. The van der Waals surface area contributed by atoms with E-state index >= 15 is 0 Å². The van der Waals surface area contributed by atoms with E-state index in [0.29, 0.717) is 16.4 Å². The van der Waals surface area contributed by atoms with Gasteiger partial charge in [0.25, 0.3) is 0 Å². The Balaban J connectivity index is 1.61. The van der Waals surface area contributed by atoms with E-state index in [1.807, 2.05) is 31.2 Å². The summed E-state index contributed by atoms with van der Waals surface area (Å²) in [6.07, 6.45) is 0.731. The van der Waals surface area contributed by atoms with Crippen molar-refractivity contribution in [3.05, 3.63) is 86.5 Å². The number of hydrogen-bond donors (Lipinski definition) is 0. The standard InChI is InChI=1S/C22H20ClN3O2S/c1-3-26-20(10-15-7-5-4-6-8-15)24-25-22(26)29-13-16-11-21(27)28-19-9-14(2)18(23)12-17(16)19/h4-9,11-12H,3,10,13H2,1-2H3. The molecule has 4 rings (SSSR count). The summed E-state index contributed by atoms with van der Waals surface area (Å²) in [5.74, 6) is 1.50. The molecule has 0 aliphatic carbocycles. The second-order valence-electron chi connectivity index (χ2n) is 6.78. The molecule has 0 aliphatic rings. The number of halogens is 1. The van der Waals surface area contributed by atoms with Crippen molar-refractivity contribution in [1.82, 2.24) is 14.8 Å². The van der Waals surface area contributed by atoms with Crippen molar-refractivity contribution in [3.8, 4) is 0 Å². The zero-order valence-electron chi connectivity index (χ0n) is 16.2. The molecule has 2 aromatic heterocycles. The monoisotopic (exact) mass is 425 g/mol. The third kappa shape index (κ3) is 4.23. The second-order valence-corrected chi connectivity index (χ2v) is 8.13. The maximum Gasteiger partial charge on any atom is 0.336 e. The molecule has 0 fully saturated rings. The van der Waals surface area contributed by atoms with E-state index in [-0.39, 0.29) is 5.63 Å². The molecule has 0 unspecified atom stereocenters. The van der Waals surface area contributed by atoms with Crippen molar-refractivity contribution in [2.75, 3.05) is 0 Å². The van der Waals surface area contributed by atoms with Crippen LogP contribution in [0.4, 0.5) is 0 Å². The van der Waals surface area contributed by atoms with Gasteiger partial charge < -0.3 is 8.98 Å². The molecular weight excluding hydrogens is 406 g/mol. The predicted molar refractivity (Wildman–Crippen MR) is 117 cm³/mol. The van der Waals surface area contributed by atoms with Crippen LogP contribution in [0, 0.1) is 6.92 Å². The van der Waals surface area contributed by atoms with Crippen molar-refractivity contribution < 1.29 is 4.42 Å². The van der Waals surface area contributed by atoms with Crippen LogP contribution in [-0.4, -0.2) is 14.8 Å². The lowest BCUT2D eigenvalue weighted by molar-refractivity contribution is 0.559. The van der Waals surface area contributed by atoms with Crippen LogP contribution < -0.4 is 5.63 Å². The molecule has 2 aromatic carbocycles. The first-order chi connectivity index (χ1) is 14.0. The van der Waals surface area contributed by atoms with Gasteiger partial charge in [-0.15, -0.1) is 10.2 Å². The molecule has 0 bridgehead atoms. The molecule has 2 heterocycles. The first-order valence-corrected chi connectivity index (χ1v) is 10.7. The van der Waals surface area contributed by atoms with Crippen LogP contribution in [0.3, 0.4) is 0 Å². The van der Waals surface area contributed by atoms with Gasteiger partial charge in [0.2, 0.25) is 0 Å². The Bertz CT molecular complexity index is 1220. The number of fused-ring (bicyclic) bond motifs is 1. The molecule has 0 atom stereocenters. The van der Waals surface area contributed by atoms with Gasteiger partial charge in [0, 0.05) is 35.2 Å². The Morgan fingerprint density at radius 2 is 1.93 bits per heavy atom. The zero-order valence-corrected chi connectivity index (χ0v) is 17.8. The maximum absolute atomic E-state index is 12.0. The lowest BCUT2D eigenvalue weighted by Crippen LogP contribution is -2.04. The molecule has 0 saturated carbocycles. The first kappa shape index (κ1) is 19.7. The molecule has 4 aromatic rings. The van der Waals surface area contributed by atoms with Crippen LogP contribution in [0.2, 0.25) is 5.02 Å². The first-order valence-electron chi connectivity index (χ1n) is 9.37. The minimum atomic E-state index is -0.364. The van der Waals surface area contributed by atoms with Gasteiger partial charge in [-0.1, -0.05) is 53.7 Å². The smallest absolute Gasteiger partial charge is 0.336 e. The van der Waals surface area contributed by atoms with E-state index in [0.717, 1.165) is 40.5 Å². The van der Waals surface area contributed by atoms with Gasteiger partial charge in [-0.25, -0.2) is 4.79 Å².